The van der Waals surface area contributed by atoms with E-state index >= 15 is 0 Å². The largest absolute Gasteiger partial charge is 0.480 e. The molecule has 4 saturated heterocycles. The molecule has 0 saturated carbocycles. The average Bonchev–Trinajstić information content (AvgIpc) is 3.61. The molecule has 202 valence electrons. The third kappa shape index (κ3) is 6.71. The van der Waals surface area contributed by atoms with Gasteiger partial charge in [0.15, 0.2) is 0 Å². The molecule has 4 fully saturated rings. The summed E-state index contributed by atoms with van der Waals surface area (Å²) in [4.78, 5) is 53.1. The van der Waals surface area contributed by atoms with E-state index < -0.39 is 35.9 Å². The minimum atomic E-state index is -0.844. The van der Waals surface area contributed by atoms with Crippen LogP contribution in [0.25, 0.3) is 0 Å². The second-order valence-corrected chi connectivity index (χ2v) is 18.4. The van der Waals surface area contributed by atoms with E-state index in [1.807, 2.05) is 56.8 Å². The van der Waals surface area contributed by atoms with Crippen LogP contribution >= 0.6 is 68.6 Å². The molecule has 0 amide bonds. The Morgan fingerprint density at radius 2 is 1.08 bits per heavy atom. The lowest BCUT2D eigenvalue weighted by atomic mass is 10.1. The second-order valence-electron chi connectivity index (χ2n) is 9.80. The highest BCUT2D eigenvalue weighted by Gasteiger charge is 2.51. The van der Waals surface area contributed by atoms with Crippen molar-refractivity contribution in [2.45, 2.75) is 46.9 Å². The van der Waals surface area contributed by atoms with Crippen LogP contribution < -0.4 is 0 Å². The van der Waals surface area contributed by atoms with Crippen molar-refractivity contribution in [2.24, 2.45) is 11.8 Å². The number of hydrogen-bond donors (Lipinski definition) is 2. The van der Waals surface area contributed by atoms with Crippen LogP contribution in [0, 0.1) is 11.8 Å². The highest BCUT2D eigenvalue weighted by Crippen LogP contribution is 2.53. The van der Waals surface area contributed by atoms with Crippen LogP contribution in [0.3, 0.4) is 0 Å². The van der Waals surface area contributed by atoms with Crippen molar-refractivity contribution in [3.05, 3.63) is 0 Å². The first-order chi connectivity index (χ1) is 17.0. The minimum Gasteiger partial charge on any atom is -0.480 e. The summed E-state index contributed by atoms with van der Waals surface area (Å²) in [5.74, 6) is 1.61. The fraction of sp³-hybridized carbons (Fsp3) is 0.818. The van der Waals surface area contributed by atoms with Crippen molar-refractivity contribution in [1.29, 1.82) is 0 Å². The number of thioether (sulfide) groups is 4. The van der Waals surface area contributed by atoms with Gasteiger partial charge in [0.25, 0.3) is 0 Å². The van der Waals surface area contributed by atoms with Gasteiger partial charge < -0.3 is 10.2 Å². The van der Waals surface area contributed by atoms with E-state index in [1.54, 1.807) is 13.8 Å². The van der Waals surface area contributed by atoms with Gasteiger partial charge in [-0.3, -0.25) is 29.0 Å². The Morgan fingerprint density at radius 1 is 0.750 bits per heavy atom. The summed E-state index contributed by atoms with van der Waals surface area (Å²) in [5.41, 5.74) is 0. The summed E-state index contributed by atoms with van der Waals surface area (Å²) >= 11 is 7.31. The molecule has 0 aromatic carbocycles. The molecule has 0 aromatic rings. The number of nitrogens with zero attached hydrogens (tertiary/aromatic N) is 2. The molecular weight excluding hydrogens is 581 g/mol. The Morgan fingerprint density at radius 3 is 1.39 bits per heavy atom. The van der Waals surface area contributed by atoms with Crippen LogP contribution in [0.4, 0.5) is 0 Å². The highest BCUT2D eigenvalue weighted by molar-refractivity contribution is 8.87. The molecule has 0 aliphatic carbocycles. The van der Waals surface area contributed by atoms with Gasteiger partial charge in [-0.25, -0.2) is 0 Å². The van der Waals surface area contributed by atoms with E-state index in [0.717, 1.165) is 44.6 Å². The zero-order valence-corrected chi connectivity index (χ0v) is 25.2. The highest BCUT2D eigenvalue weighted by atomic mass is 33.1. The van der Waals surface area contributed by atoms with Crippen molar-refractivity contribution in [2.75, 3.05) is 49.2 Å². The molecule has 36 heavy (non-hydrogen) atoms. The standard InChI is InChI=1S/C22H32N2O6S6/c1-13(9-23-11-21(31-3-4-32-21)7-15(23)17(25)26)19(29)35-36-20(30)14(2)10-24-12-22(33-5-6-34-22)8-16(24)18(27)28/h13-16H,3-12H2,1-2H3,(H,25,26)(H,27,28)/t13-,14-,15-,16-/m0/s1. The van der Waals surface area contributed by atoms with Gasteiger partial charge in [-0.2, -0.15) is 0 Å². The van der Waals surface area contributed by atoms with E-state index in [9.17, 15) is 29.4 Å². The maximum Gasteiger partial charge on any atom is 0.321 e. The zero-order chi connectivity index (χ0) is 26.1. The maximum atomic E-state index is 12.8. The van der Waals surface area contributed by atoms with Gasteiger partial charge >= 0.3 is 11.9 Å². The number of rotatable bonds is 8. The Kier molecular flexibility index (Phi) is 9.94. The fourth-order valence-corrected chi connectivity index (χ4v) is 13.9. The van der Waals surface area contributed by atoms with Gasteiger partial charge in [0, 0.05) is 61.0 Å². The van der Waals surface area contributed by atoms with Crippen molar-refractivity contribution in [3.8, 4) is 0 Å². The van der Waals surface area contributed by atoms with Crippen molar-refractivity contribution in [3.63, 3.8) is 0 Å². The van der Waals surface area contributed by atoms with E-state index in [1.165, 1.54) is 0 Å². The zero-order valence-electron chi connectivity index (χ0n) is 20.3. The number of carboxylic acid groups (broad SMARTS) is 2. The topological polar surface area (TPSA) is 115 Å². The lowest BCUT2D eigenvalue weighted by Crippen LogP contribution is -2.40. The molecule has 0 radical (unpaired) electrons. The monoisotopic (exact) mass is 612 g/mol. The SMILES string of the molecule is C[C@@H](CN1CC2(C[C@H]1C(=O)O)SCCS2)C(=O)SSC(=O)[C@@H](C)CN1CC2(C[C@H]1C(=O)O)SCCS2. The Hall–Kier alpha value is 0.300. The summed E-state index contributed by atoms with van der Waals surface area (Å²) in [5, 5.41) is 19.1. The van der Waals surface area contributed by atoms with E-state index in [0.29, 0.717) is 39.0 Å². The minimum absolute atomic E-state index is 0.0867. The van der Waals surface area contributed by atoms with Gasteiger partial charge in [0.05, 0.1) is 8.16 Å². The van der Waals surface area contributed by atoms with Crippen molar-refractivity contribution >= 4 is 90.8 Å². The molecule has 2 spiro atoms. The molecule has 14 heteroatoms. The fourth-order valence-electron chi connectivity index (χ4n) is 5.20. The number of carbonyl (C=O) groups is 4. The number of likely N-dealkylation sites (tertiary alicyclic amines) is 2. The molecule has 0 aromatic heterocycles. The van der Waals surface area contributed by atoms with Crippen LogP contribution in [0.1, 0.15) is 26.7 Å². The molecule has 4 aliphatic heterocycles. The third-order valence-electron chi connectivity index (χ3n) is 7.00. The summed E-state index contributed by atoms with van der Waals surface area (Å²) in [6.07, 6.45) is 1.17. The van der Waals surface area contributed by atoms with Gasteiger partial charge in [-0.15, -0.1) is 47.0 Å². The molecule has 4 aliphatic rings. The lowest BCUT2D eigenvalue weighted by molar-refractivity contribution is -0.143. The molecule has 0 bridgehead atoms. The van der Waals surface area contributed by atoms with Crippen LogP contribution in [0.5, 0.6) is 0 Å². The molecule has 4 atom stereocenters. The average molecular weight is 613 g/mol. The summed E-state index contributed by atoms with van der Waals surface area (Å²) in [7, 11) is 1.84. The second kappa shape index (κ2) is 12.2. The Balaban J connectivity index is 1.25. The van der Waals surface area contributed by atoms with Crippen molar-refractivity contribution < 1.29 is 29.4 Å². The lowest BCUT2D eigenvalue weighted by Gasteiger charge is -2.25. The first-order valence-electron chi connectivity index (χ1n) is 11.9. The summed E-state index contributed by atoms with van der Waals surface area (Å²) < 4.78 is -0.173. The van der Waals surface area contributed by atoms with Crippen LogP contribution in [0.2, 0.25) is 0 Å². The van der Waals surface area contributed by atoms with E-state index in [4.69, 9.17) is 0 Å². The van der Waals surface area contributed by atoms with Gasteiger partial charge in [-0.05, 0) is 34.4 Å². The third-order valence-corrected chi connectivity index (χ3v) is 16.3. The van der Waals surface area contributed by atoms with Crippen LogP contribution in [-0.4, -0.2) is 112 Å². The first kappa shape index (κ1) is 29.3. The van der Waals surface area contributed by atoms with E-state index in [-0.39, 0.29) is 18.4 Å². The number of aliphatic carboxylic acids is 2. The van der Waals surface area contributed by atoms with Crippen LogP contribution in [0.15, 0.2) is 0 Å². The molecule has 8 nitrogen and oxygen atoms in total. The van der Waals surface area contributed by atoms with Crippen molar-refractivity contribution in [1.82, 2.24) is 9.80 Å². The predicted octanol–water partition coefficient (Wildman–Crippen LogP) is 3.36. The normalized spacial score (nSPS) is 29.2. The molecule has 4 heterocycles. The Labute approximate surface area is 236 Å². The summed E-state index contributed by atoms with van der Waals surface area (Å²) in [6.45, 7) is 5.62. The number of carbonyl (C=O) groups excluding carboxylic acids is 2. The smallest absolute Gasteiger partial charge is 0.321 e. The molecular formula is C22H32N2O6S6. The molecule has 2 N–H and O–H groups in total. The maximum absolute atomic E-state index is 12.8. The Bertz CT molecular complexity index is 811. The first-order valence-corrected chi connectivity index (χ1v) is 18.0. The summed E-state index contributed by atoms with van der Waals surface area (Å²) in [6, 6.07) is -1.17. The van der Waals surface area contributed by atoms with Gasteiger partial charge in [-0.1, -0.05) is 13.8 Å². The molecule has 0 unspecified atom stereocenters. The van der Waals surface area contributed by atoms with Gasteiger partial charge in [0.2, 0.25) is 10.2 Å². The molecule has 4 rings (SSSR count). The number of carboxylic acids is 2. The van der Waals surface area contributed by atoms with E-state index in [2.05, 4.69) is 0 Å². The van der Waals surface area contributed by atoms with Gasteiger partial charge in [0.1, 0.15) is 12.1 Å². The van der Waals surface area contributed by atoms with Crippen LogP contribution in [-0.2, 0) is 19.2 Å². The predicted molar refractivity (Wildman–Crippen MR) is 154 cm³/mol. The quantitative estimate of drug-likeness (QED) is 0.390. The number of hydrogen-bond acceptors (Lipinski definition) is 12.